The molecule has 82 valence electrons. The van der Waals surface area contributed by atoms with Gasteiger partial charge in [0.25, 0.3) is 0 Å². The van der Waals surface area contributed by atoms with Crippen molar-refractivity contribution in [1.29, 1.82) is 0 Å². The summed E-state index contributed by atoms with van der Waals surface area (Å²) in [5.74, 6) is -0.313. The Kier molecular flexibility index (Phi) is 3.29. The average molecular weight is 209 g/mol. The minimum Gasteiger partial charge on any atom is -0.464 e. The van der Waals surface area contributed by atoms with E-state index < -0.39 is 5.97 Å². The number of H-pyrrole nitrogens is 1. The van der Waals surface area contributed by atoms with Crippen molar-refractivity contribution in [2.24, 2.45) is 0 Å². The number of aromatic nitrogens is 1. The number of aldehydes is 1. The first-order valence-corrected chi connectivity index (χ1v) is 4.78. The fourth-order valence-corrected chi connectivity index (χ4v) is 1.79. The lowest BCUT2D eigenvalue weighted by Gasteiger charge is -2.04. The number of aryl methyl sites for hydroxylation is 1. The molecule has 1 rings (SSSR count). The number of esters is 1. The summed E-state index contributed by atoms with van der Waals surface area (Å²) >= 11 is 0. The second-order valence-electron chi connectivity index (χ2n) is 3.72. The molecule has 0 amide bonds. The highest BCUT2D eigenvalue weighted by molar-refractivity contribution is 5.98. The number of nitrogens with one attached hydrogen (secondary N) is 1. The Morgan fingerprint density at radius 2 is 2.07 bits per heavy atom. The second kappa shape index (κ2) is 4.29. The number of rotatable bonds is 3. The third-order valence-electron chi connectivity index (χ3n) is 2.36. The van der Waals surface area contributed by atoms with Crippen LogP contribution in [0, 0.1) is 6.92 Å². The van der Waals surface area contributed by atoms with Crippen molar-refractivity contribution in [3.8, 4) is 0 Å². The SMILES string of the molecule is COC(=O)c1[nH]c(C)c(C(C)C)c1C=O. The minimum absolute atomic E-state index is 0.194. The highest BCUT2D eigenvalue weighted by atomic mass is 16.5. The molecular formula is C11H15NO3. The zero-order valence-electron chi connectivity index (χ0n) is 9.38. The molecule has 1 N–H and O–H groups in total. The van der Waals surface area contributed by atoms with Crippen molar-refractivity contribution in [2.45, 2.75) is 26.7 Å². The van der Waals surface area contributed by atoms with Gasteiger partial charge >= 0.3 is 5.97 Å². The van der Waals surface area contributed by atoms with Gasteiger partial charge in [-0.1, -0.05) is 13.8 Å². The number of carbonyl (C=O) groups is 2. The first-order chi connectivity index (χ1) is 7.02. The molecule has 1 aromatic rings. The molecule has 15 heavy (non-hydrogen) atoms. The zero-order valence-corrected chi connectivity index (χ0v) is 9.38. The number of hydrogen-bond acceptors (Lipinski definition) is 3. The summed E-state index contributed by atoms with van der Waals surface area (Å²) in [4.78, 5) is 25.2. The molecule has 1 aromatic heterocycles. The Labute approximate surface area is 88.6 Å². The molecule has 0 saturated heterocycles. The number of methoxy groups -OCH3 is 1. The molecule has 0 bridgehead atoms. The summed E-state index contributed by atoms with van der Waals surface area (Å²) in [6, 6.07) is 0. The fourth-order valence-electron chi connectivity index (χ4n) is 1.79. The molecule has 0 radical (unpaired) electrons. The maximum Gasteiger partial charge on any atom is 0.355 e. The summed E-state index contributed by atoms with van der Waals surface area (Å²) in [5, 5.41) is 0. The van der Waals surface area contributed by atoms with E-state index in [4.69, 9.17) is 0 Å². The molecule has 0 fully saturated rings. The van der Waals surface area contributed by atoms with Gasteiger partial charge in [-0.15, -0.1) is 0 Å². The first-order valence-electron chi connectivity index (χ1n) is 4.78. The van der Waals surface area contributed by atoms with Gasteiger partial charge in [0.05, 0.1) is 12.7 Å². The van der Waals surface area contributed by atoms with Gasteiger partial charge in [0.1, 0.15) is 5.69 Å². The summed E-state index contributed by atoms with van der Waals surface area (Å²) in [6.07, 6.45) is 0.699. The van der Waals surface area contributed by atoms with Crippen molar-refractivity contribution in [1.82, 2.24) is 4.98 Å². The third-order valence-corrected chi connectivity index (χ3v) is 2.36. The lowest BCUT2D eigenvalue weighted by Crippen LogP contribution is -2.05. The van der Waals surface area contributed by atoms with E-state index in [2.05, 4.69) is 9.72 Å². The van der Waals surface area contributed by atoms with Gasteiger partial charge in [-0.25, -0.2) is 4.79 Å². The summed E-state index contributed by atoms with van der Waals surface area (Å²) in [5.41, 5.74) is 2.38. The highest BCUT2D eigenvalue weighted by Crippen LogP contribution is 2.25. The van der Waals surface area contributed by atoms with Crippen LogP contribution in [0.4, 0.5) is 0 Å². The molecule has 0 unspecified atom stereocenters. The van der Waals surface area contributed by atoms with Gasteiger partial charge in [-0.2, -0.15) is 0 Å². The van der Waals surface area contributed by atoms with Crippen molar-refractivity contribution >= 4 is 12.3 Å². The first kappa shape index (κ1) is 11.5. The van der Waals surface area contributed by atoms with E-state index in [-0.39, 0.29) is 11.6 Å². The van der Waals surface area contributed by atoms with E-state index >= 15 is 0 Å². The molecule has 0 spiro atoms. The molecule has 0 saturated carbocycles. The smallest absolute Gasteiger partial charge is 0.355 e. The summed E-state index contributed by atoms with van der Waals surface area (Å²) in [6.45, 7) is 5.79. The molecule has 0 aliphatic carbocycles. The molecule has 0 atom stereocenters. The maximum absolute atomic E-state index is 11.4. The predicted octanol–water partition coefficient (Wildman–Crippen LogP) is 2.05. The minimum atomic E-state index is -0.507. The van der Waals surface area contributed by atoms with Crippen LogP contribution in [0.3, 0.4) is 0 Å². The standard InChI is InChI=1S/C11H15NO3/c1-6(2)9-7(3)12-10(8(9)5-13)11(14)15-4/h5-6,12H,1-4H3. The van der Waals surface area contributed by atoms with E-state index in [1.54, 1.807) is 0 Å². The molecule has 4 nitrogen and oxygen atoms in total. The van der Waals surface area contributed by atoms with Gasteiger partial charge in [-0.05, 0) is 18.4 Å². The Morgan fingerprint density at radius 1 is 1.47 bits per heavy atom. The Bertz CT molecular complexity index is 391. The van der Waals surface area contributed by atoms with Crippen LogP contribution in [-0.4, -0.2) is 24.3 Å². The van der Waals surface area contributed by atoms with Crippen LogP contribution in [0.5, 0.6) is 0 Å². The zero-order chi connectivity index (χ0) is 11.6. The number of hydrogen-bond donors (Lipinski definition) is 1. The summed E-state index contributed by atoms with van der Waals surface area (Å²) < 4.78 is 4.60. The molecular weight excluding hydrogens is 194 g/mol. The van der Waals surface area contributed by atoms with Crippen LogP contribution in [-0.2, 0) is 4.74 Å². The second-order valence-corrected chi connectivity index (χ2v) is 3.72. The monoisotopic (exact) mass is 209 g/mol. The van der Waals surface area contributed by atoms with Crippen LogP contribution in [0.15, 0.2) is 0 Å². The van der Waals surface area contributed by atoms with E-state index in [0.717, 1.165) is 11.3 Å². The number of aromatic amines is 1. The van der Waals surface area contributed by atoms with E-state index in [0.29, 0.717) is 11.8 Å². The van der Waals surface area contributed by atoms with Gasteiger partial charge in [0, 0.05) is 5.69 Å². The van der Waals surface area contributed by atoms with Gasteiger partial charge in [0.15, 0.2) is 6.29 Å². The van der Waals surface area contributed by atoms with Crippen LogP contribution in [0.2, 0.25) is 0 Å². The largest absolute Gasteiger partial charge is 0.464 e. The Balaban J connectivity index is 3.37. The van der Waals surface area contributed by atoms with Crippen molar-refractivity contribution in [3.05, 3.63) is 22.5 Å². The third kappa shape index (κ3) is 1.93. The Hall–Kier alpha value is -1.58. The molecule has 0 aromatic carbocycles. The van der Waals surface area contributed by atoms with Gasteiger partial charge in [0.2, 0.25) is 0 Å². The maximum atomic E-state index is 11.4. The topological polar surface area (TPSA) is 59.2 Å². The van der Waals surface area contributed by atoms with E-state index in [9.17, 15) is 9.59 Å². The van der Waals surface area contributed by atoms with E-state index in [1.807, 2.05) is 20.8 Å². The van der Waals surface area contributed by atoms with Crippen molar-refractivity contribution < 1.29 is 14.3 Å². The van der Waals surface area contributed by atoms with Crippen LogP contribution in [0.1, 0.15) is 51.9 Å². The van der Waals surface area contributed by atoms with Crippen LogP contribution >= 0.6 is 0 Å². The summed E-state index contributed by atoms with van der Waals surface area (Å²) in [7, 11) is 1.29. The lowest BCUT2D eigenvalue weighted by molar-refractivity contribution is 0.0592. The van der Waals surface area contributed by atoms with Gasteiger partial charge < -0.3 is 9.72 Å². The van der Waals surface area contributed by atoms with Gasteiger partial charge in [-0.3, -0.25) is 4.79 Å². The number of ether oxygens (including phenoxy) is 1. The fraction of sp³-hybridized carbons (Fsp3) is 0.455. The molecule has 1 heterocycles. The average Bonchev–Trinajstić information content (AvgIpc) is 2.53. The van der Waals surface area contributed by atoms with Crippen LogP contribution in [0.25, 0.3) is 0 Å². The lowest BCUT2D eigenvalue weighted by atomic mass is 9.98. The highest BCUT2D eigenvalue weighted by Gasteiger charge is 2.21. The predicted molar refractivity (Wildman–Crippen MR) is 56.3 cm³/mol. The number of carbonyl (C=O) groups excluding carboxylic acids is 2. The molecule has 4 heteroatoms. The molecule has 0 aliphatic rings. The quantitative estimate of drug-likeness (QED) is 0.612. The van der Waals surface area contributed by atoms with E-state index in [1.165, 1.54) is 7.11 Å². The molecule has 0 aliphatic heterocycles. The Morgan fingerprint density at radius 3 is 2.47 bits per heavy atom. The van der Waals surface area contributed by atoms with Crippen molar-refractivity contribution in [2.75, 3.05) is 7.11 Å². The van der Waals surface area contributed by atoms with Crippen LogP contribution < -0.4 is 0 Å². The van der Waals surface area contributed by atoms with Crippen molar-refractivity contribution in [3.63, 3.8) is 0 Å². The normalized spacial score (nSPS) is 10.5.